The van der Waals surface area contributed by atoms with Crippen LogP contribution < -0.4 is 26.3 Å². The smallest absolute Gasteiger partial charge is 0.190 e. The van der Waals surface area contributed by atoms with E-state index >= 15 is 0 Å². The molecule has 1 aliphatic carbocycles. The maximum atomic E-state index is 5.91. The first-order valence-corrected chi connectivity index (χ1v) is 11.4. The van der Waals surface area contributed by atoms with Crippen molar-refractivity contribution < 1.29 is 26.3 Å². The molecule has 2 aliphatic heterocycles. The molecule has 0 spiro atoms. The van der Waals surface area contributed by atoms with Crippen LogP contribution in [0.15, 0.2) is 77.6 Å². The lowest BCUT2D eigenvalue weighted by Crippen LogP contribution is -3.00. The highest BCUT2D eigenvalue weighted by Crippen LogP contribution is 2.62. The lowest BCUT2D eigenvalue weighted by molar-refractivity contribution is -0.732. The second kappa shape index (κ2) is 7.08. The van der Waals surface area contributed by atoms with Crippen LogP contribution in [0.2, 0.25) is 0 Å². The third-order valence-corrected chi connectivity index (χ3v) is 8.55. The molecule has 146 valence electrons. The van der Waals surface area contributed by atoms with Crippen molar-refractivity contribution in [2.24, 2.45) is 0 Å². The van der Waals surface area contributed by atoms with Gasteiger partial charge in [-0.1, -0.05) is 30.3 Å². The van der Waals surface area contributed by atoms with Gasteiger partial charge in [-0.15, -0.1) is 22.7 Å². The van der Waals surface area contributed by atoms with Gasteiger partial charge in [0.15, 0.2) is 17.9 Å². The van der Waals surface area contributed by atoms with E-state index in [2.05, 4.69) is 82.2 Å². The van der Waals surface area contributed by atoms with Crippen LogP contribution in [0.5, 0.6) is 5.75 Å². The number of hydrogen-bond acceptors (Lipinski definition) is 3. The van der Waals surface area contributed by atoms with E-state index in [1.54, 1.807) is 7.11 Å². The monoisotopic (exact) mass is 481 g/mol. The maximum Gasteiger partial charge on any atom is 0.190 e. The Morgan fingerprint density at radius 1 is 0.931 bits per heavy atom. The number of aromatic nitrogens is 1. The van der Waals surface area contributed by atoms with Gasteiger partial charge in [0.2, 0.25) is 0 Å². The minimum absolute atomic E-state index is 0. The standard InChI is InChI=1S/C24H20NOS2.BrH/c1-26-19-9-4-7-16-18-15-24(20-10-5-13-27-20,21-11-6-14-28-21)23(22(16)19)17-8-2-3-12-25(17)18;/h2-14,18,23H,15H2,1H3;1H/q+1;/p-1. The number of pyridine rings is 1. The summed E-state index contributed by atoms with van der Waals surface area (Å²) >= 11 is 3.77. The fraction of sp³-hybridized carbons (Fsp3) is 0.208. The largest absolute Gasteiger partial charge is 1.00 e. The zero-order valence-corrected chi connectivity index (χ0v) is 19.1. The molecular formula is C24H20BrNOS2. The van der Waals surface area contributed by atoms with Crippen LogP contribution in [0.3, 0.4) is 0 Å². The number of nitrogens with zero attached hydrogens (tertiary/aromatic N) is 1. The van der Waals surface area contributed by atoms with Gasteiger partial charge in [0, 0.05) is 39.4 Å². The van der Waals surface area contributed by atoms with Crippen LogP contribution in [0.4, 0.5) is 0 Å². The molecule has 2 atom stereocenters. The molecule has 1 aromatic carbocycles. The van der Waals surface area contributed by atoms with Gasteiger partial charge in [-0.05, 0) is 29.0 Å². The minimum Gasteiger partial charge on any atom is -1.00 e. The van der Waals surface area contributed by atoms with Gasteiger partial charge in [0.1, 0.15) is 5.75 Å². The minimum atomic E-state index is -0.0456. The molecule has 0 saturated carbocycles. The third-order valence-electron chi connectivity index (χ3n) is 6.45. The number of ether oxygens (including phenoxy) is 1. The number of hydrogen-bond donors (Lipinski definition) is 0. The molecule has 29 heavy (non-hydrogen) atoms. The average Bonchev–Trinajstić information content (AvgIpc) is 3.48. The van der Waals surface area contributed by atoms with E-state index in [1.165, 1.54) is 26.6 Å². The second-order valence-electron chi connectivity index (χ2n) is 7.57. The van der Waals surface area contributed by atoms with E-state index in [0.29, 0.717) is 6.04 Å². The van der Waals surface area contributed by atoms with E-state index < -0.39 is 0 Å². The highest BCUT2D eigenvalue weighted by Gasteiger charge is 2.61. The average molecular weight is 482 g/mol. The van der Waals surface area contributed by atoms with Gasteiger partial charge < -0.3 is 21.7 Å². The highest BCUT2D eigenvalue weighted by molar-refractivity contribution is 7.11. The Morgan fingerprint density at radius 2 is 1.69 bits per heavy atom. The Bertz CT molecular complexity index is 1120. The van der Waals surface area contributed by atoms with Crippen molar-refractivity contribution in [3.8, 4) is 5.75 Å². The molecule has 4 aromatic rings. The Hall–Kier alpha value is -1.95. The van der Waals surface area contributed by atoms with Crippen LogP contribution in [-0.4, -0.2) is 7.11 Å². The molecule has 0 radical (unpaired) electrons. The quantitative estimate of drug-likeness (QED) is 0.409. The summed E-state index contributed by atoms with van der Waals surface area (Å²) in [7, 11) is 1.80. The molecule has 0 saturated heterocycles. The van der Waals surface area contributed by atoms with Gasteiger partial charge in [0.25, 0.3) is 0 Å². The predicted octanol–water partition coefficient (Wildman–Crippen LogP) is 2.53. The van der Waals surface area contributed by atoms with Gasteiger partial charge in [-0.2, -0.15) is 4.57 Å². The summed E-state index contributed by atoms with van der Waals surface area (Å²) < 4.78 is 8.40. The lowest BCUT2D eigenvalue weighted by atomic mass is 9.57. The Balaban J connectivity index is 0.00000181. The number of thiophene rings is 2. The highest BCUT2D eigenvalue weighted by atomic mass is 79.9. The van der Waals surface area contributed by atoms with Crippen molar-refractivity contribution in [1.82, 2.24) is 0 Å². The molecule has 2 nitrogen and oxygen atoms in total. The summed E-state index contributed by atoms with van der Waals surface area (Å²) in [5.41, 5.74) is 4.12. The first-order valence-electron chi connectivity index (χ1n) is 9.59. The SMILES string of the molecule is COc1cccc2c1C1c3cccc[n+]3C2CC1(c1cccs1)c1cccs1.[Br-]. The number of methoxy groups -OCH3 is 1. The summed E-state index contributed by atoms with van der Waals surface area (Å²) in [6.45, 7) is 0. The zero-order valence-electron chi connectivity index (χ0n) is 15.9. The molecule has 5 heterocycles. The van der Waals surface area contributed by atoms with Gasteiger partial charge in [-0.25, -0.2) is 0 Å². The van der Waals surface area contributed by atoms with Crippen LogP contribution in [0, 0.1) is 0 Å². The van der Waals surface area contributed by atoms with Crippen molar-refractivity contribution in [1.29, 1.82) is 0 Å². The summed E-state index contributed by atoms with van der Waals surface area (Å²) in [4.78, 5) is 2.91. The molecule has 7 rings (SSSR count). The molecule has 0 fully saturated rings. The number of benzene rings is 1. The van der Waals surface area contributed by atoms with E-state index in [-0.39, 0.29) is 28.3 Å². The van der Waals surface area contributed by atoms with E-state index in [0.717, 1.165) is 12.2 Å². The van der Waals surface area contributed by atoms with Crippen molar-refractivity contribution in [3.63, 3.8) is 0 Å². The van der Waals surface area contributed by atoms with Crippen molar-refractivity contribution in [2.75, 3.05) is 7.11 Å². The second-order valence-corrected chi connectivity index (χ2v) is 9.47. The van der Waals surface area contributed by atoms with E-state index in [9.17, 15) is 0 Å². The number of halogens is 1. The Labute approximate surface area is 189 Å². The molecule has 5 heteroatoms. The third kappa shape index (κ3) is 2.47. The Kier molecular flexibility index (Phi) is 4.65. The van der Waals surface area contributed by atoms with E-state index in [1.807, 2.05) is 22.7 Å². The molecule has 3 aliphatic rings. The summed E-state index contributed by atoms with van der Waals surface area (Å²) in [6, 6.07) is 22.6. The fourth-order valence-electron chi connectivity index (χ4n) is 5.44. The fourth-order valence-corrected chi connectivity index (χ4v) is 7.47. The van der Waals surface area contributed by atoms with Crippen molar-refractivity contribution in [2.45, 2.75) is 23.8 Å². The Morgan fingerprint density at radius 3 is 2.34 bits per heavy atom. The van der Waals surface area contributed by atoms with Crippen LogP contribution in [0.1, 0.15) is 45.0 Å². The molecule has 0 N–H and O–H groups in total. The first kappa shape index (κ1) is 19.0. The molecule has 0 amide bonds. The van der Waals surface area contributed by atoms with E-state index in [4.69, 9.17) is 4.74 Å². The lowest BCUT2D eigenvalue weighted by Gasteiger charge is -2.48. The van der Waals surface area contributed by atoms with Gasteiger partial charge in [-0.3, -0.25) is 0 Å². The van der Waals surface area contributed by atoms with Gasteiger partial charge in [0.05, 0.1) is 18.4 Å². The van der Waals surface area contributed by atoms with Crippen molar-refractivity contribution in [3.05, 3.63) is 104 Å². The zero-order chi connectivity index (χ0) is 18.7. The van der Waals surface area contributed by atoms with Crippen LogP contribution >= 0.6 is 22.7 Å². The predicted molar refractivity (Wildman–Crippen MR) is 114 cm³/mol. The number of fused-ring (bicyclic) bond motifs is 1. The topological polar surface area (TPSA) is 13.1 Å². The van der Waals surface area contributed by atoms with Gasteiger partial charge >= 0.3 is 0 Å². The molecule has 3 aromatic heterocycles. The first-order chi connectivity index (χ1) is 13.8. The summed E-state index contributed by atoms with van der Waals surface area (Å²) in [5, 5.41) is 4.43. The summed E-state index contributed by atoms with van der Waals surface area (Å²) in [6.07, 6.45) is 3.34. The number of rotatable bonds is 3. The van der Waals surface area contributed by atoms with Crippen molar-refractivity contribution >= 4 is 22.7 Å². The normalized spacial score (nSPS) is 20.4. The molecule has 2 bridgehead atoms. The molecular weight excluding hydrogens is 462 g/mol. The van der Waals surface area contributed by atoms with Crippen LogP contribution in [0.25, 0.3) is 0 Å². The van der Waals surface area contributed by atoms with Crippen LogP contribution in [-0.2, 0) is 5.41 Å². The maximum absolute atomic E-state index is 5.91. The molecule has 2 unspecified atom stereocenters. The summed E-state index contributed by atoms with van der Waals surface area (Å²) in [5.74, 6) is 1.25.